The molecule has 0 aliphatic heterocycles. The van der Waals surface area contributed by atoms with E-state index in [2.05, 4.69) is 48.7 Å². The van der Waals surface area contributed by atoms with E-state index in [4.69, 9.17) is 0 Å². The number of nitrogens with one attached hydrogen (secondary N) is 2. The number of hydrogen-bond donors (Lipinski definition) is 2. The first-order valence-electron chi connectivity index (χ1n) is 13.8. The van der Waals surface area contributed by atoms with Crippen molar-refractivity contribution in [3.05, 3.63) is 119 Å². The average molecular weight is 631 g/mol. The Kier molecular flexibility index (Phi) is 21.2. The van der Waals surface area contributed by atoms with Crippen LogP contribution in [0, 0.1) is 49.2 Å². The van der Waals surface area contributed by atoms with Crippen molar-refractivity contribution in [2.24, 2.45) is 0 Å². The minimum absolute atomic E-state index is 0. The number of rotatable bonds is 8. The topological polar surface area (TPSA) is 58.2 Å². The summed E-state index contributed by atoms with van der Waals surface area (Å²) < 4.78 is 51.0. The molecule has 0 saturated heterocycles. The monoisotopic (exact) mass is 630 g/mol. The molecule has 0 heterocycles. The minimum Gasteiger partial charge on any atom is -0.377 e. The number of benzene rings is 2. The number of aryl methyl sites for hydroxylation is 2. The second-order valence-electron chi connectivity index (χ2n) is 9.30. The van der Waals surface area contributed by atoms with E-state index < -0.39 is 23.3 Å². The Morgan fingerprint density at radius 3 is 1.21 bits per heavy atom. The van der Waals surface area contributed by atoms with Crippen LogP contribution < -0.4 is 10.6 Å². The summed E-state index contributed by atoms with van der Waals surface area (Å²) in [6.07, 6.45) is 3.97. The molecule has 0 saturated carbocycles. The molecule has 0 aromatic heterocycles. The molecule has 9 heteroatoms. The molecule has 4 aromatic rings. The van der Waals surface area contributed by atoms with Gasteiger partial charge in [-0.25, -0.2) is 41.8 Å². The fraction of sp³-hybridized carbons (Fsp3) is 0.294. The SMILES string of the molecule is CCCCC(=O)Nc1ccc(F)[c-]c1F.CCCCC(=O)Nc1ccc(F)[c-]c1F.C[c-]1cccc1.C[c-]1cccc1.[Ti+4]. The maximum Gasteiger partial charge on any atom is 4.00 e. The number of carbonyl (C=O) groups excluding carboxylic acids is 2. The minimum atomic E-state index is -0.875. The molecule has 2 N–H and O–H groups in total. The van der Waals surface area contributed by atoms with Crippen LogP contribution in [0.4, 0.5) is 28.9 Å². The van der Waals surface area contributed by atoms with Crippen molar-refractivity contribution in [1.82, 2.24) is 0 Å². The third-order valence-electron chi connectivity index (χ3n) is 5.45. The summed E-state index contributed by atoms with van der Waals surface area (Å²) in [5.74, 6) is -3.84. The van der Waals surface area contributed by atoms with Gasteiger partial charge in [-0.2, -0.15) is 35.4 Å². The summed E-state index contributed by atoms with van der Waals surface area (Å²) in [5, 5.41) is 4.72. The molecule has 0 spiro atoms. The van der Waals surface area contributed by atoms with Crippen molar-refractivity contribution in [1.29, 1.82) is 0 Å². The first kappa shape index (κ1) is 39.5. The summed E-state index contributed by atoms with van der Waals surface area (Å²) in [6, 6.07) is 24.7. The van der Waals surface area contributed by atoms with Crippen molar-refractivity contribution < 1.29 is 48.9 Å². The van der Waals surface area contributed by atoms with Crippen LogP contribution in [0.1, 0.15) is 63.5 Å². The summed E-state index contributed by atoms with van der Waals surface area (Å²) in [5.41, 5.74) is 2.63. The predicted octanol–water partition coefficient (Wildman–Crippen LogP) is 9.21. The molecule has 4 nitrogen and oxygen atoms in total. The number of anilines is 2. The van der Waals surface area contributed by atoms with Gasteiger partial charge < -0.3 is 10.6 Å². The van der Waals surface area contributed by atoms with Gasteiger partial charge in [0.1, 0.15) is 0 Å². The first-order valence-corrected chi connectivity index (χ1v) is 13.8. The molecule has 0 atom stereocenters. The second-order valence-corrected chi connectivity index (χ2v) is 9.30. The molecule has 0 fully saturated rings. The molecule has 2 amide bonds. The molecule has 4 aromatic carbocycles. The summed E-state index contributed by atoms with van der Waals surface area (Å²) in [6.45, 7) is 8.08. The van der Waals surface area contributed by atoms with Crippen LogP contribution in [-0.4, -0.2) is 11.8 Å². The van der Waals surface area contributed by atoms with Crippen molar-refractivity contribution >= 4 is 23.2 Å². The number of carbonyl (C=O) groups is 2. The summed E-state index contributed by atoms with van der Waals surface area (Å²) in [4.78, 5) is 22.4. The van der Waals surface area contributed by atoms with E-state index in [0.29, 0.717) is 12.8 Å². The van der Waals surface area contributed by atoms with Crippen molar-refractivity contribution in [2.45, 2.75) is 66.2 Å². The fourth-order valence-corrected chi connectivity index (χ4v) is 3.12. The Hall–Kier alpha value is -3.49. The number of hydrogen-bond acceptors (Lipinski definition) is 2. The Balaban J connectivity index is 0.000000586. The zero-order chi connectivity index (χ0) is 31.3. The summed E-state index contributed by atoms with van der Waals surface area (Å²) in [7, 11) is 0. The molecule has 0 bridgehead atoms. The zero-order valence-corrected chi connectivity index (χ0v) is 26.6. The molecule has 0 unspecified atom stereocenters. The van der Waals surface area contributed by atoms with E-state index >= 15 is 0 Å². The molecule has 0 aliphatic carbocycles. The second kappa shape index (κ2) is 23.0. The fourth-order valence-electron chi connectivity index (χ4n) is 3.12. The van der Waals surface area contributed by atoms with E-state index in [1.54, 1.807) is 0 Å². The molecule has 228 valence electrons. The zero-order valence-electron chi connectivity index (χ0n) is 25.0. The molecular formula is C34H38F4N2O2Ti. The molecule has 0 aliphatic rings. The van der Waals surface area contributed by atoms with Crippen LogP contribution in [0.15, 0.2) is 72.8 Å². The Morgan fingerprint density at radius 2 is 0.977 bits per heavy atom. The maximum absolute atomic E-state index is 13.0. The standard InChI is InChI=1S/2C11H12F2NO.2C6H7.Ti/c2*1-2-3-4-11(15)14-10-6-5-8(12)7-9(10)13;2*1-6-4-2-3-5-6;/h2*5-6H,2-4H2,1H3,(H,14,15);2*2-5H,1H3;/q4*-1;+4. The van der Waals surface area contributed by atoms with E-state index in [1.807, 2.05) is 50.2 Å². The third kappa shape index (κ3) is 18.6. The molecule has 4 rings (SSSR count). The number of halogens is 4. The van der Waals surface area contributed by atoms with Crippen LogP contribution in [-0.2, 0) is 31.3 Å². The van der Waals surface area contributed by atoms with Gasteiger partial charge in [0.15, 0.2) is 0 Å². The van der Waals surface area contributed by atoms with Crippen LogP contribution in [0.5, 0.6) is 0 Å². The van der Waals surface area contributed by atoms with E-state index in [9.17, 15) is 27.2 Å². The van der Waals surface area contributed by atoms with Gasteiger partial charge in [0.2, 0.25) is 11.8 Å². The van der Waals surface area contributed by atoms with E-state index in [-0.39, 0.29) is 44.9 Å². The van der Waals surface area contributed by atoms with E-state index in [0.717, 1.165) is 37.8 Å². The predicted molar refractivity (Wildman–Crippen MR) is 160 cm³/mol. The van der Waals surface area contributed by atoms with Crippen molar-refractivity contribution in [3.63, 3.8) is 0 Å². The Morgan fingerprint density at radius 1 is 0.651 bits per heavy atom. The smallest absolute Gasteiger partial charge is 0.377 e. The summed E-state index contributed by atoms with van der Waals surface area (Å²) >= 11 is 0. The largest absolute Gasteiger partial charge is 4.00 e. The third-order valence-corrected chi connectivity index (χ3v) is 5.45. The van der Waals surface area contributed by atoms with Crippen molar-refractivity contribution in [3.8, 4) is 0 Å². The van der Waals surface area contributed by atoms with Crippen LogP contribution >= 0.6 is 0 Å². The van der Waals surface area contributed by atoms with Crippen LogP contribution in [0.2, 0.25) is 0 Å². The van der Waals surface area contributed by atoms with Gasteiger partial charge in [-0.1, -0.05) is 40.5 Å². The van der Waals surface area contributed by atoms with Gasteiger partial charge in [-0.15, -0.1) is 36.4 Å². The number of unbranched alkanes of at least 4 members (excludes halogenated alkanes) is 2. The van der Waals surface area contributed by atoms with Crippen LogP contribution in [0.3, 0.4) is 0 Å². The molecular weight excluding hydrogens is 592 g/mol. The van der Waals surface area contributed by atoms with Gasteiger partial charge in [0.05, 0.1) is 0 Å². The van der Waals surface area contributed by atoms with Crippen LogP contribution in [0.25, 0.3) is 0 Å². The molecule has 43 heavy (non-hydrogen) atoms. The normalized spacial score (nSPS) is 9.49. The Bertz CT molecular complexity index is 1210. The average Bonchev–Trinajstić information content (AvgIpc) is 3.64. The van der Waals surface area contributed by atoms with Gasteiger partial charge in [0, 0.05) is 36.1 Å². The van der Waals surface area contributed by atoms with Gasteiger partial charge >= 0.3 is 21.7 Å². The Labute approximate surface area is 267 Å². The quantitative estimate of drug-likeness (QED) is 0.116. The van der Waals surface area contributed by atoms with Gasteiger partial charge in [-0.05, 0) is 24.2 Å². The first-order chi connectivity index (χ1) is 20.0. The van der Waals surface area contributed by atoms with Gasteiger partial charge in [0.25, 0.3) is 0 Å². The van der Waals surface area contributed by atoms with Gasteiger partial charge in [-0.3, -0.25) is 9.59 Å². The number of amides is 2. The van der Waals surface area contributed by atoms with E-state index in [1.165, 1.54) is 23.3 Å². The van der Waals surface area contributed by atoms with Crippen molar-refractivity contribution in [2.75, 3.05) is 10.6 Å². The molecule has 0 radical (unpaired) electrons. The maximum atomic E-state index is 13.0.